The van der Waals surface area contributed by atoms with Crippen LogP contribution in [0, 0.1) is 0 Å². The zero-order valence-electron chi connectivity index (χ0n) is 10.2. The molecular formula is C13H14Cl3N2Sn-. The van der Waals surface area contributed by atoms with Gasteiger partial charge in [-0.15, -0.1) is 6.54 Å². The van der Waals surface area contributed by atoms with Crippen LogP contribution in [-0.4, -0.2) is 26.5 Å². The number of rotatable bonds is 3. The molecule has 0 aliphatic carbocycles. The molecule has 1 N–H and O–H groups in total. The molecule has 19 heavy (non-hydrogen) atoms. The molecule has 1 aromatic carbocycles. The second-order valence-electron chi connectivity index (χ2n) is 3.68. The Kier molecular flexibility index (Phi) is 8.10. The summed E-state index contributed by atoms with van der Waals surface area (Å²) >= 11 is -3.30. The standard InChI is InChI=1S/C7H9N2.C6H5.3ClH.Sn/c8-5-4-7-3-1-2-6-9-7;1-2-4-6-5-3-1;;;;/h1-3,6,8H,4-5H2;1-5H;3*1H;/q-1;;;;;+3/p-3. The molecule has 0 saturated heterocycles. The van der Waals surface area contributed by atoms with Gasteiger partial charge >= 0.3 is 75.7 Å². The predicted molar refractivity (Wildman–Crippen MR) is 86.5 cm³/mol. The van der Waals surface area contributed by atoms with Gasteiger partial charge in [0.25, 0.3) is 0 Å². The predicted octanol–water partition coefficient (Wildman–Crippen LogP) is 4.23. The average Bonchev–Trinajstić information content (AvgIpc) is 2.41. The van der Waals surface area contributed by atoms with Crippen molar-refractivity contribution in [3.05, 3.63) is 66.2 Å². The summed E-state index contributed by atoms with van der Waals surface area (Å²) in [5.41, 5.74) is 7.91. The van der Waals surface area contributed by atoms with Crippen LogP contribution >= 0.6 is 26.8 Å². The normalized spacial score (nSPS) is 10.5. The van der Waals surface area contributed by atoms with Gasteiger partial charge in [0.2, 0.25) is 0 Å². The SMILES string of the molecule is [Cl][Sn]([Cl])([Cl])[c]1ccccc1.[NH-]CCc1ccccn1. The van der Waals surface area contributed by atoms with E-state index in [1.807, 2.05) is 48.5 Å². The summed E-state index contributed by atoms with van der Waals surface area (Å²) in [5.74, 6) is 0. The molecule has 0 bridgehead atoms. The van der Waals surface area contributed by atoms with Gasteiger partial charge in [0.1, 0.15) is 0 Å². The van der Waals surface area contributed by atoms with Crippen LogP contribution in [0.25, 0.3) is 5.73 Å². The van der Waals surface area contributed by atoms with Crippen LogP contribution in [0.1, 0.15) is 5.69 Å². The first-order valence-electron chi connectivity index (χ1n) is 5.71. The van der Waals surface area contributed by atoms with E-state index in [9.17, 15) is 0 Å². The molecule has 2 aromatic rings. The smallest absolute Gasteiger partial charge is 0.0386 e. The molecule has 0 fully saturated rings. The number of nitrogens with zero attached hydrogens (tertiary/aromatic N) is 1. The van der Waals surface area contributed by atoms with Gasteiger partial charge in [-0.25, -0.2) is 0 Å². The van der Waals surface area contributed by atoms with Crippen LogP contribution in [0.3, 0.4) is 0 Å². The van der Waals surface area contributed by atoms with Crippen molar-refractivity contribution in [1.29, 1.82) is 0 Å². The third kappa shape index (κ3) is 7.37. The maximum absolute atomic E-state index is 6.90. The van der Waals surface area contributed by atoms with E-state index in [1.54, 1.807) is 6.20 Å². The molecule has 1 aromatic heterocycles. The molecule has 0 saturated carbocycles. The Morgan fingerprint density at radius 3 is 2.00 bits per heavy atom. The topological polar surface area (TPSA) is 36.7 Å². The van der Waals surface area contributed by atoms with Crippen LogP contribution in [0.4, 0.5) is 0 Å². The number of nitrogens with one attached hydrogen (secondary N) is 1. The number of pyridine rings is 1. The molecule has 0 aliphatic heterocycles. The van der Waals surface area contributed by atoms with Crippen LogP contribution in [-0.2, 0) is 6.42 Å². The summed E-state index contributed by atoms with van der Waals surface area (Å²) in [6.07, 6.45) is 2.52. The summed E-state index contributed by atoms with van der Waals surface area (Å²) in [6.45, 7) is 0.428. The number of hydrogen-bond acceptors (Lipinski definition) is 1. The van der Waals surface area contributed by atoms with Gasteiger partial charge in [0.05, 0.1) is 0 Å². The first kappa shape index (κ1) is 17.1. The fourth-order valence-corrected chi connectivity index (χ4v) is 5.46. The zero-order valence-corrected chi connectivity index (χ0v) is 15.3. The monoisotopic (exact) mass is 423 g/mol. The molecule has 0 atom stereocenters. The number of aromatic nitrogens is 1. The van der Waals surface area contributed by atoms with Gasteiger partial charge in [0, 0.05) is 11.9 Å². The Balaban J connectivity index is 0.000000191. The summed E-state index contributed by atoms with van der Waals surface area (Å²) < 4.78 is 0.904. The average molecular weight is 423 g/mol. The summed E-state index contributed by atoms with van der Waals surface area (Å²) in [5, 5.41) is 0. The van der Waals surface area contributed by atoms with E-state index >= 15 is 0 Å². The molecule has 6 heteroatoms. The van der Waals surface area contributed by atoms with Crippen molar-refractivity contribution in [2.45, 2.75) is 6.42 Å². The molecule has 102 valence electrons. The molecule has 0 amide bonds. The van der Waals surface area contributed by atoms with Gasteiger partial charge in [-0.1, -0.05) is 6.07 Å². The van der Waals surface area contributed by atoms with Crippen molar-refractivity contribution in [2.24, 2.45) is 0 Å². The maximum atomic E-state index is 6.90. The molecule has 2 rings (SSSR count). The summed E-state index contributed by atoms with van der Waals surface area (Å²) in [4.78, 5) is 4.05. The first-order valence-corrected chi connectivity index (χ1v) is 18.0. The largest absolute Gasteiger partial charge is 0.677 e. The Hall–Kier alpha value is -0.00130. The maximum Gasteiger partial charge on any atom is 0.0386 e. The van der Waals surface area contributed by atoms with E-state index in [4.69, 9.17) is 32.5 Å². The molecule has 0 aliphatic rings. The van der Waals surface area contributed by atoms with E-state index in [0.717, 1.165) is 15.7 Å². The Bertz CT molecular complexity index is 460. The van der Waals surface area contributed by atoms with Crippen molar-refractivity contribution >= 4 is 45.3 Å². The van der Waals surface area contributed by atoms with Gasteiger partial charge in [-0.3, -0.25) is 4.98 Å². The van der Waals surface area contributed by atoms with Crippen molar-refractivity contribution in [3.8, 4) is 0 Å². The Morgan fingerprint density at radius 2 is 1.58 bits per heavy atom. The summed E-state index contributed by atoms with van der Waals surface area (Å²) in [6, 6.07) is 15.2. The van der Waals surface area contributed by atoms with Gasteiger partial charge in [-0.05, 0) is 18.6 Å². The zero-order chi connectivity index (χ0) is 14.1. The number of hydrogen-bond donors (Lipinski definition) is 0. The van der Waals surface area contributed by atoms with Crippen LogP contribution in [0.2, 0.25) is 0 Å². The van der Waals surface area contributed by atoms with Crippen LogP contribution in [0.5, 0.6) is 0 Å². The minimum Gasteiger partial charge on any atom is -0.677 e. The number of benzene rings is 1. The molecule has 0 spiro atoms. The fourth-order valence-electron chi connectivity index (χ4n) is 1.30. The number of halogens is 3. The van der Waals surface area contributed by atoms with E-state index in [2.05, 4.69) is 4.98 Å². The van der Waals surface area contributed by atoms with Crippen molar-refractivity contribution in [3.63, 3.8) is 0 Å². The third-order valence-corrected chi connectivity index (χ3v) is 9.42. The van der Waals surface area contributed by atoms with Gasteiger partial charge in [-0.2, -0.15) is 0 Å². The van der Waals surface area contributed by atoms with E-state index < -0.39 is 15.0 Å². The molecule has 0 unspecified atom stereocenters. The molecule has 1 heterocycles. The minimum absolute atomic E-state index is 0.428. The van der Waals surface area contributed by atoms with Gasteiger partial charge in [0.15, 0.2) is 0 Å². The fraction of sp³-hybridized carbons (Fsp3) is 0.154. The first-order chi connectivity index (χ1) is 9.04. The van der Waals surface area contributed by atoms with Crippen LogP contribution in [0.15, 0.2) is 54.7 Å². The molecule has 2 nitrogen and oxygen atoms in total. The second-order valence-corrected chi connectivity index (χ2v) is 23.5. The second kappa shape index (κ2) is 9.03. The van der Waals surface area contributed by atoms with Crippen molar-refractivity contribution in [2.75, 3.05) is 6.54 Å². The van der Waals surface area contributed by atoms with Crippen molar-refractivity contribution in [1.82, 2.24) is 4.98 Å². The minimum atomic E-state index is -3.30. The Labute approximate surface area is 128 Å². The van der Waals surface area contributed by atoms with Gasteiger partial charge < -0.3 is 5.73 Å². The van der Waals surface area contributed by atoms with Crippen LogP contribution < -0.4 is 3.58 Å². The molecular weight excluding hydrogens is 409 g/mol. The van der Waals surface area contributed by atoms with E-state index in [-0.39, 0.29) is 0 Å². The summed E-state index contributed by atoms with van der Waals surface area (Å²) in [7, 11) is 17.4. The van der Waals surface area contributed by atoms with Crippen molar-refractivity contribution < 1.29 is 0 Å². The Morgan fingerprint density at radius 1 is 0.947 bits per heavy atom. The third-order valence-electron chi connectivity index (χ3n) is 2.21. The quantitative estimate of drug-likeness (QED) is 0.681. The van der Waals surface area contributed by atoms with E-state index in [0.29, 0.717) is 6.54 Å². The molecule has 0 radical (unpaired) electrons. The van der Waals surface area contributed by atoms with E-state index in [1.165, 1.54) is 0 Å².